The number of fused-ring (bicyclic) bond motifs is 1. The zero-order valence-electron chi connectivity index (χ0n) is 16.8. The molecule has 1 aliphatic heterocycles. The van der Waals surface area contributed by atoms with Gasteiger partial charge in [-0.15, -0.1) is 0 Å². The molecule has 0 bridgehead atoms. The van der Waals surface area contributed by atoms with Gasteiger partial charge in [-0.1, -0.05) is 30.3 Å². The Kier molecular flexibility index (Phi) is 5.09. The van der Waals surface area contributed by atoms with E-state index in [0.29, 0.717) is 22.3 Å². The van der Waals surface area contributed by atoms with Crippen LogP contribution >= 0.6 is 0 Å². The molecule has 0 saturated carbocycles. The maximum atomic E-state index is 13.2. The molecule has 0 aliphatic carbocycles. The van der Waals surface area contributed by atoms with Crippen molar-refractivity contribution >= 4 is 17.3 Å². The third-order valence-corrected chi connectivity index (χ3v) is 5.79. The summed E-state index contributed by atoms with van der Waals surface area (Å²) in [6.45, 7) is 5.24. The van der Waals surface area contributed by atoms with Gasteiger partial charge in [0.25, 0.3) is 5.91 Å². The van der Waals surface area contributed by atoms with Gasteiger partial charge in [0.15, 0.2) is 17.2 Å². The third-order valence-electron chi connectivity index (χ3n) is 5.79. The molecule has 1 aliphatic rings. The van der Waals surface area contributed by atoms with E-state index in [4.69, 9.17) is 0 Å². The van der Waals surface area contributed by atoms with Gasteiger partial charge in [-0.2, -0.15) is 0 Å². The maximum absolute atomic E-state index is 13.2. The average Bonchev–Trinajstić information content (AvgIpc) is 3.37. The van der Waals surface area contributed by atoms with Gasteiger partial charge in [-0.05, 0) is 33.1 Å². The standard InChI is InChI=1S/C23H25N3O3/c1-15-16(2)26-14-19(23(29)25-12-6-7-13-25)18(21(28)22(26)24-15)10-11-20(27)17-8-4-3-5-9-17/h3-5,8-9,14,28H,6-7,10-13H2,1-2H3. The monoisotopic (exact) mass is 391 g/mol. The highest BCUT2D eigenvalue weighted by atomic mass is 16.3. The van der Waals surface area contributed by atoms with Gasteiger partial charge in [0.2, 0.25) is 0 Å². The number of hydrogen-bond acceptors (Lipinski definition) is 4. The molecule has 0 atom stereocenters. The zero-order chi connectivity index (χ0) is 20.5. The summed E-state index contributed by atoms with van der Waals surface area (Å²) in [7, 11) is 0. The highest BCUT2D eigenvalue weighted by molar-refractivity contribution is 5.98. The molecule has 3 aromatic rings. The van der Waals surface area contributed by atoms with Crippen LogP contribution in [0.5, 0.6) is 5.75 Å². The number of aromatic nitrogens is 2. The molecule has 1 N–H and O–H groups in total. The maximum Gasteiger partial charge on any atom is 0.255 e. The molecule has 0 unspecified atom stereocenters. The Labute approximate surface area is 169 Å². The first kappa shape index (κ1) is 19.2. The van der Waals surface area contributed by atoms with E-state index in [1.807, 2.05) is 36.9 Å². The fraction of sp³-hybridized carbons (Fsp3) is 0.348. The van der Waals surface area contributed by atoms with E-state index in [-0.39, 0.29) is 30.3 Å². The molecule has 0 spiro atoms. The molecule has 1 amide bonds. The lowest BCUT2D eigenvalue weighted by Crippen LogP contribution is -2.29. The summed E-state index contributed by atoms with van der Waals surface area (Å²) in [5.74, 6) is -0.111. The van der Waals surface area contributed by atoms with Gasteiger partial charge in [0.05, 0.1) is 11.3 Å². The summed E-state index contributed by atoms with van der Waals surface area (Å²) in [4.78, 5) is 32.1. The first-order valence-electron chi connectivity index (χ1n) is 10.0. The summed E-state index contributed by atoms with van der Waals surface area (Å²) in [6, 6.07) is 9.09. The topological polar surface area (TPSA) is 74.9 Å². The number of Topliss-reactive ketones (excluding diaryl/α,β-unsaturated/α-hetero) is 1. The number of carbonyl (C=O) groups excluding carboxylic acids is 2. The van der Waals surface area contributed by atoms with Crippen molar-refractivity contribution in [1.82, 2.24) is 14.3 Å². The number of ketones is 1. The minimum absolute atomic E-state index is 0.00731. The number of likely N-dealkylation sites (tertiary alicyclic amines) is 1. The van der Waals surface area contributed by atoms with Crippen molar-refractivity contribution in [2.45, 2.75) is 39.5 Å². The molecule has 3 heterocycles. The highest BCUT2D eigenvalue weighted by Gasteiger charge is 2.26. The van der Waals surface area contributed by atoms with Crippen LogP contribution in [0.15, 0.2) is 36.5 Å². The number of aryl methyl sites for hydroxylation is 2. The van der Waals surface area contributed by atoms with Crippen LogP contribution in [-0.4, -0.2) is 44.2 Å². The Morgan fingerprint density at radius 2 is 1.79 bits per heavy atom. The number of benzene rings is 1. The van der Waals surface area contributed by atoms with E-state index < -0.39 is 0 Å². The molecule has 6 nitrogen and oxygen atoms in total. The van der Waals surface area contributed by atoms with Crippen molar-refractivity contribution in [3.8, 4) is 5.75 Å². The summed E-state index contributed by atoms with van der Waals surface area (Å²) in [6.07, 6.45) is 4.26. The van der Waals surface area contributed by atoms with Gasteiger partial charge in [0, 0.05) is 42.5 Å². The molecule has 150 valence electrons. The van der Waals surface area contributed by atoms with Gasteiger partial charge in [0.1, 0.15) is 0 Å². The largest absolute Gasteiger partial charge is 0.504 e. The minimum atomic E-state index is -0.0902. The highest BCUT2D eigenvalue weighted by Crippen LogP contribution is 2.31. The lowest BCUT2D eigenvalue weighted by Gasteiger charge is -2.19. The predicted molar refractivity (Wildman–Crippen MR) is 111 cm³/mol. The number of aromatic hydroxyl groups is 1. The SMILES string of the molecule is Cc1nc2c(O)c(CCC(=O)c3ccccc3)c(C(=O)N3CCCC3)cn2c1C. The van der Waals surface area contributed by atoms with Crippen LogP contribution in [0.2, 0.25) is 0 Å². The van der Waals surface area contributed by atoms with Crippen LogP contribution in [0, 0.1) is 13.8 Å². The van der Waals surface area contributed by atoms with Crippen LogP contribution in [-0.2, 0) is 6.42 Å². The summed E-state index contributed by atoms with van der Waals surface area (Å²) in [5.41, 5.74) is 3.71. The van der Waals surface area contributed by atoms with E-state index in [9.17, 15) is 14.7 Å². The Morgan fingerprint density at radius 3 is 2.48 bits per heavy atom. The van der Waals surface area contributed by atoms with Crippen molar-refractivity contribution < 1.29 is 14.7 Å². The van der Waals surface area contributed by atoms with Gasteiger partial charge in [-0.25, -0.2) is 4.98 Å². The van der Waals surface area contributed by atoms with E-state index in [2.05, 4.69) is 4.98 Å². The molecule has 0 radical (unpaired) electrons. The van der Waals surface area contributed by atoms with Gasteiger partial charge in [-0.3, -0.25) is 9.59 Å². The molecule has 29 heavy (non-hydrogen) atoms. The Morgan fingerprint density at radius 1 is 1.10 bits per heavy atom. The number of nitrogens with zero attached hydrogens (tertiary/aromatic N) is 3. The fourth-order valence-corrected chi connectivity index (χ4v) is 3.96. The Balaban J connectivity index is 1.73. The number of imidazole rings is 1. The molecule has 1 fully saturated rings. The quantitative estimate of drug-likeness (QED) is 0.673. The summed E-state index contributed by atoms with van der Waals surface area (Å²) in [5, 5.41) is 11.0. The van der Waals surface area contributed by atoms with Crippen molar-refractivity contribution in [3.63, 3.8) is 0 Å². The van der Waals surface area contributed by atoms with Crippen LogP contribution in [0.25, 0.3) is 5.65 Å². The smallest absolute Gasteiger partial charge is 0.255 e. The molecule has 4 rings (SSSR count). The summed E-state index contributed by atoms with van der Waals surface area (Å²) >= 11 is 0. The molecule has 1 aromatic carbocycles. The number of pyridine rings is 1. The zero-order valence-corrected chi connectivity index (χ0v) is 16.8. The van der Waals surface area contributed by atoms with E-state index >= 15 is 0 Å². The van der Waals surface area contributed by atoms with Crippen LogP contribution in [0.3, 0.4) is 0 Å². The number of hydrogen-bond donors (Lipinski definition) is 1. The van der Waals surface area contributed by atoms with Gasteiger partial charge < -0.3 is 14.4 Å². The number of carbonyl (C=O) groups is 2. The number of amides is 1. The normalized spacial score (nSPS) is 13.9. The predicted octanol–water partition coefficient (Wildman–Crippen LogP) is 3.71. The second-order valence-electron chi connectivity index (χ2n) is 7.63. The minimum Gasteiger partial charge on any atom is -0.504 e. The van der Waals surface area contributed by atoms with Crippen molar-refractivity contribution in [2.75, 3.05) is 13.1 Å². The van der Waals surface area contributed by atoms with Crippen molar-refractivity contribution in [3.05, 3.63) is 64.6 Å². The Bertz CT molecular complexity index is 1080. The summed E-state index contributed by atoms with van der Waals surface area (Å²) < 4.78 is 1.77. The van der Waals surface area contributed by atoms with E-state index in [1.165, 1.54) is 0 Å². The second kappa shape index (κ2) is 7.70. The van der Waals surface area contributed by atoms with Crippen LogP contribution in [0.1, 0.15) is 56.9 Å². The lowest BCUT2D eigenvalue weighted by atomic mass is 9.98. The fourth-order valence-electron chi connectivity index (χ4n) is 3.96. The Hall–Kier alpha value is -3.15. The van der Waals surface area contributed by atoms with Crippen LogP contribution in [0.4, 0.5) is 0 Å². The molecule has 6 heteroatoms. The first-order valence-corrected chi connectivity index (χ1v) is 10.0. The molecule has 1 saturated heterocycles. The molecular weight excluding hydrogens is 366 g/mol. The third kappa shape index (κ3) is 3.50. The van der Waals surface area contributed by atoms with Crippen molar-refractivity contribution in [2.24, 2.45) is 0 Å². The number of rotatable bonds is 5. The van der Waals surface area contributed by atoms with Crippen molar-refractivity contribution in [1.29, 1.82) is 0 Å². The molecular formula is C23H25N3O3. The van der Waals surface area contributed by atoms with E-state index in [0.717, 1.165) is 37.3 Å². The second-order valence-corrected chi connectivity index (χ2v) is 7.63. The van der Waals surface area contributed by atoms with Gasteiger partial charge >= 0.3 is 0 Å². The average molecular weight is 391 g/mol. The molecule has 2 aromatic heterocycles. The lowest BCUT2D eigenvalue weighted by molar-refractivity contribution is 0.0789. The first-order chi connectivity index (χ1) is 14.0. The van der Waals surface area contributed by atoms with E-state index in [1.54, 1.807) is 22.7 Å². The van der Waals surface area contributed by atoms with Crippen LogP contribution < -0.4 is 0 Å².